The molecule has 10 heteroatoms. The maximum Gasteiger partial charge on any atom is 0.329 e. The minimum Gasteiger partial charge on any atom is -0.493 e. The summed E-state index contributed by atoms with van der Waals surface area (Å²) in [6.07, 6.45) is 1.31. The third-order valence-electron chi connectivity index (χ3n) is 4.57. The van der Waals surface area contributed by atoms with Crippen LogP contribution in [0.4, 0.5) is 10.1 Å². The maximum absolute atomic E-state index is 12.9. The predicted molar refractivity (Wildman–Crippen MR) is 128 cm³/mol. The van der Waals surface area contributed by atoms with Crippen LogP contribution in [-0.2, 0) is 20.9 Å². The minimum atomic E-state index is -1.00. The number of nitrogens with one attached hydrogen (secondary N) is 3. The van der Waals surface area contributed by atoms with Crippen molar-refractivity contribution < 1.29 is 28.2 Å². The molecule has 180 valence electrons. The number of halogens is 1. The predicted octanol–water partition coefficient (Wildman–Crippen LogP) is 2.62. The van der Waals surface area contributed by atoms with Crippen LogP contribution in [0.3, 0.4) is 0 Å². The monoisotopic (exact) mass is 478 g/mol. The standard InChI is InChI=1S/C25H23FN4O5/c1-34-22-13-18(15-28-30-25(33)24(32)29-20-10-8-19(26)9-11-20)7-12-21(22)35-16-23(31)27-14-17-5-3-2-4-6-17/h2-13,15H,14,16H2,1H3,(H,27,31)(H,29,32)(H,30,33)/b28-15-. The van der Waals surface area contributed by atoms with E-state index in [-0.39, 0.29) is 18.2 Å². The van der Waals surface area contributed by atoms with E-state index in [9.17, 15) is 18.8 Å². The second-order valence-corrected chi connectivity index (χ2v) is 7.12. The van der Waals surface area contributed by atoms with Gasteiger partial charge in [-0.05, 0) is 53.6 Å². The molecule has 35 heavy (non-hydrogen) atoms. The highest BCUT2D eigenvalue weighted by molar-refractivity contribution is 6.39. The number of amides is 3. The zero-order valence-corrected chi connectivity index (χ0v) is 18.8. The summed E-state index contributed by atoms with van der Waals surface area (Å²) in [5, 5.41) is 8.84. The first-order valence-electron chi connectivity index (χ1n) is 10.5. The van der Waals surface area contributed by atoms with Gasteiger partial charge in [-0.15, -0.1) is 0 Å². The fraction of sp³-hybridized carbons (Fsp3) is 0.120. The zero-order chi connectivity index (χ0) is 25.0. The van der Waals surface area contributed by atoms with E-state index in [0.717, 1.165) is 17.7 Å². The smallest absolute Gasteiger partial charge is 0.329 e. The van der Waals surface area contributed by atoms with Crippen LogP contribution in [-0.4, -0.2) is 37.7 Å². The number of anilines is 1. The second kappa shape index (κ2) is 12.5. The molecule has 9 nitrogen and oxygen atoms in total. The van der Waals surface area contributed by atoms with Gasteiger partial charge in [0.2, 0.25) is 0 Å². The highest BCUT2D eigenvalue weighted by atomic mass is 19.1. The van der Waals surface area contributed by atoms with Gasteiger partial charge in [-0.3, -0.25) is 14.4 Å². The van der Waals surface area contributed by atoms with Crippen LogP contribution in [0, 0.1) is 5.82 Å². The van der Waals surface area contributed by atoms with Crippen molar-refractivity contribution in [3.63, 3.8) is 0 Å². The van der Waals surface area contributed by atoms with E-state index in [1.54, 1.807) is 18.2 Å². The first-order valence-corrected chi connectivity index (χ1v) is 10.5. The summed E-state index contributed by atoms with van der Waals surface area (Å²) < 4.78 is 23.7. The van der Waals surface area contributed by atoms with Crippen molar-refractivity contribution in [3.8, 4) is 11.5 Å². The molecule has 3 N–H and O–H groups in total. The van der Waals surface area contributed by atoms with Gasteiger partial charge in [-0.25, -0.2) is 9.82 Å². The molecule has 3 aromatic carbocycles. The van der Waals surface area contributed by atoms with Crippen molar-refractivity contribution in [2.24, 2.45) is 5.10 Å². The van der Waals surface area contributed by atoms with Gasteiger partial charge in [0.25, 0.3) is 5.91 Å². The number of hydrazone groups is 1. The summed E-state index contributed by atoms with van der Waals surface area (Å²) in [6.45, 7) is 0.194. The molecule has 0 heterocycles. The summed E-state index contributed by atoms with van der Waals surface area (Å²) in [5.74, 6) is -2.01. The number of benzene rings is 3. The average Bonchev–Trinajstić information content (AvgIpc) is 2.88. The van der Waals surface area contributed by atoms with Crippen LogP contribution < -0.4 is 25.5 Å². The topological polar surface area (TPSA) is 118 Å². The quantitative estimate of drug-likeness (QED) is 0.248. The van der Waals surface area contributed by atoms with Crippen LogP contribution in [0.1, 0.15) is 11.1 Å². The van der Waals surface area contributed by atoms with Crippen LogP contribution in [0.2, 0.25) is 0 Å². The highest BCUT2D eigenvalue weighted by Crippen LogP contribution is 2.27. The Morgan fingerprint density at radius 2 is 1.69 bits per heavy atom. The first-order chi connectivity index (χ1) is 16.9. The Balaban J connectivity index is 1.48. The molecule has 0 unspecified atom stereocenters. The van der Waals surface area contributed by atoms with Crippen molar-refractivity contribution >= 4 is 29.6 Å². The Morgan fingerprint density at radius 3 is 2.40 bits per heavy atom. The third kappa shape index (κ3) is 7.97. The van der Waals surface area contributed by atoms with E-state index in [0.29, 0.717) is 23.6 Å². The molecule has 0 radical (unpaired) electrons. The number of methoxy groups -OCH3 is 1. The molecule has 0 saturated carbocycles. The third-order valence-corrected chi connectivity index (χ3v) is 4.57. The molecular formula is C25H23FN4O5. The lowest BCUT2D eigenvalue weighted by Crippen LogP contribution is -2.32. The summed E-state index contributed by atoms with van der Waals surface area (Å²) in [6, 6.07) is 19.3. The van der Waals surface area contributed by atoms with Crippen molar-refractivity contribution in [3.05, 3.63) is 89.7 Å². The average molecular weight is 478 g/mol. The van der Waals surface area contributed by atoms with Gasteiger partial charge in [0.05, 0.1) is 13.3 Å². The number of ether oxygens (including phenoxy) is 2. The zero-order valence-electron chi connectivity index (χ0n) is 18.8. The number of hydrogen-bond acceptors (Lipinski definition) is 6. The van der Waals surface area contributed by atoms with Gasteiger partial charge >= 0.3 is 11.8 Å². The van der Waals surface area contributed by atoms with Crippen molar-refractivity contribution in [2.75, 3.05) is 19.0 Å². The minimum absolute atomic E-state index is 0.199. The van der Waals surface area contributed by atoms with Gasteiger partial charge in [0.15, 0.2) is 18.1 Å². The molecule has 0 saturated heterocycles. The lowest BCUT2D eigenvalue weighted by atomic mass is 10.2. The Hall–Kier alpha value is -4.73. The number of nitrogens with zero attached hydrogens (tertiary/aromatic N) is 1. The number of rotatable bonds is 9. The molecule has 0 aliphatic rings. The Kier molecular flexibility index (Phi) is 8.89. The molecular weight excluding hydrogens is 455 g/mol. The van der Waals surface area contributed by atoms with Crippen LogP contribution >= 0.6 is 0 Å². The lowest BCUT2D eigenvalue weighted by molar-refractivity contribution is -0.136. The van der Waals surface area contributed by atoms with E-state index >= 15 is 0 Å². The van der Waals surface area contributed by atoms with E-state index < -0.39 is 17.6 Å². The maximum atomic E-state index is 12.9. The van der Waals surface area contributed by atoms with E-state index in [1.807, 2.05) is 30.3 Å². The van der Waals surface area contributed by atoms with Crippen LogP contribution in [0.15, 0.2) is 77.9 Å². The fourth-order valence-corrected chi connectivity index (χ4v) is 2.81. The summed E-state index contributed by atoms with van der Waals surface area (Å²) in [5.41, 5.74) is 3.89. The summed E-state index contributed by atoms with van der Waals surface area (Å²) >= 11 is 0. The lowest BCUT2D eigenvalue weighted by Gasteiger charge is -2.11. The summed E-state index contributed by atoms with van der Waals surface area (Å²) in [7, 11) is 1.44. The van der Waals surface area contributed by atoms with Crippen molar-refractivity contribution in [1.29, 1.82) is 0 Å². The number of carbonyl (C=O) groups excluding carboxylic acids is 3. The van der Waals surface area contributed by atoms with Gasteiger partial charge in [-0.2, -0.15) is 5.10 Å². The molecule has 0 atom stereocenters. The Bertz CT molecular complexity index is 1200. The highest BCUT2D eigenvalue weighted by Gasteiger charge is 2.13. The molecule has 0 fully saturated rings. The molecule has 0 spiro atoms. The first kappa shape index (κ1) is 24.9. The van der Waals surface area contributed by atoms with Crippen LogP contribution in [0.5, 0.6) is 11.5 Å². The molecule has 0 aliphatic heterocycles. The van der Waals surface area contributed by atoms with Crippen molar-refractivity contribution in [2.45, 2.75) is 6.54 Å². The molecule has 3 amide bonds. The van der Waals surface area contributed by atoms with E-state index in [1.165, 1.54) is 25.5 Å². The van der Waals surface area contributed by atoms with Gasteiger partial charge in [-0.1, -0.05) is 30.3 Å². The van der Waals surface area contributed by atoms with Gasteiger partial charge in [0, 0.05) is 12.2 Å². The molecule has 3 rings (SSSR count). The van der Waals surface area contributed by atoms with Crippen molar-refractivity contribution in [1.82, 2.24) is 10.7 Å². The molecule has 0 aromatic heterocycles. The van der Waals surface area contributed by atoms with E-state index in [4.69, 9.17) is 9.47 Å². The fourth-order valence-electron chi connectivity index (χ4n) is 2.81. The van der Waals surface area contributed by atoms with E-state index in [2.05, 4.69) is 21.2 Å². The van der Waals surface area contributed by atoms with Crippen LogP contribution in [0.25, 0.3) is 0 Å². The number of hydrogen-bond donors (Lipinski definition) is 3. The Labute approximate surface area is 200 Å². The molecule has 0 bridgehead atoms. The summed E-state index contributed by atoms with van der Waals surface area (Å²) in [4.78, 5) is 35.8. The SMILES string of the molecule is COc1cc(/C=N\NC(=O)C(=O)Nc2ccc(F)cc2)ccc1OCC(=O)NCc1ccccc1. The molecule has 0 aliphatic carbocycles. The van der Waals surface area contributed by atoms with Gasteiger partial charge in [0.1, 0.15) is 5.82 Å². The normalized spacial score (nSPS) is 10.5. The largest absolute Gasteiger partial charge is 0.493 e. The van der Waals surface area contributed by atoms with Gasteiger partial charge < -0.3 is 20.1 Å². The molecule has 3 aromatic rings. The number of carbonyl (C=O) groups is 3. The second-order valence-electron chi connectivity index (χ2n) is 7.12. The Morgan fingerprint density at radius 1 is 0.943 bits per heavy atom.